The minimum absolute atomic E-state index is 0.111. The van der Waals surface area contributed by atoms with E-state index >= 15 is 0 Å². The number of rotatable bonds is 6. The highest BCUT2D eigenvalue weighted by atomic mass is 16.4. The number of carbonyl (C=O) groups is 3. The average molecular weight is 350 g/mol. The monoisotopic (exact) mass is 350 g/mol. The lowest BCUT2D eigenvalue weighted by molar-refractivity contribution is -0.133. The van der Waals surface area contributed by atoms with Crippen molar-refractivity contribution in [3.05, 3.63) is 81.9 Å². The number of aliphatic carboxylic acids is 2. The molecule has 0 radical (unpaired) electrons. The molecule has 0 aliphatic rings. The van der Waals surface area contributed by atoms with Gasteiger partial charge in [0.25, 0.3) is 0 Å². The van der Waals surface area contributed by atoms with Crippen molar-refractivity contribution < 1.29 is 24.6 Å². The molecule has 2 aromatic carbocycles. The maximum absolute atomic E-state index is 13.0. The Balaban J connectivity index is 2.56. The maximum Gasteiger partial charge on any atom is 0.331 e. The van der Waals surface area contributed by atoms with Gasteiger partial charge in [0.1, 0.15) is 0 Å². The SMILES string of the molecule is C/C(=C\c1ccccc1C(=O)c1ccccc1/C=C(\C)C(=O)O)C(=O)O. The second-order valence-electron chi connectivity index (χ2n) is 5.77. The normalized spacial score (nSPS) is 11.9. The van der Waals surface area contributed by atoms with Gasteiger partial charge in [-0.2, -0.15) is 0 Å². The van der Waals surface area contributed by atoms with Crippen LogP contribution in [0.1, 0.15) is 40.9 Å². The van der Waals surface area contributed by atoms with Crippen LogP contribution in [0.3, 0.4) is 0 Å². The van der Waals surface area contributed by atoms with Crippen LogP contribution < -0.4 is 0 Å². The van der Waals surface area contributed by atoms with Crippen LogP contribution in [0.5, 0.6) is 0 Å². The summed E-state index contributed by atoms with van der Waals surface area (Å²) in [7, 11) is 0. The lowest BCUT2D eigenvalue weighted by Gasteiger charge is -2.09. The maximum atomic E-state index is 13.0. The lowest BCUT2D eigenvalue weighted by Crippen LogP contribution is -2.07. The Hall–Kier alpha value is -3.47. The van der Waals surface area contributed by atoms with Gasteiger partial charge < -0.3 is 10.2 Å². The van der Waals surface area contributed by atoms with Crippen molar-refractivity contribution in [1.29, 1.82) is 0 Å². The van der Waals surface area contributed by atoms with Crippen molar-refractivity contribution in [1.82, 2.24) is 0 Å². The molecule has 0 bridgehead atoms. The summed E-state index contributed by atoms with van der Waals surface area (Å²) in [5, 5.41) is 18.1. The Morgan fingerprint density at radius 1 is 0.692 bits per heavy atom. The van der Waals surface area contributed by atoms with Crippen molar-refractivity contribution in [3.8, 4) is 0 Å². The molecule has 0 spiro atoms. The molecule has 26 heavy (non-hydrogen) atoms. The Kier molecular flexibility index (Phi) is 5.86. The molecule has 0 heterocycles. The van der Waals surface area contributed by atoms with E-state index in [0.29, 0.717) is 22.3 Å². The molecule has 0 saturated carbocycles. The fraction of sp³-hybridized carbons (Fsp3) is 0.0952. The number of carboxylic acid groups (broad SMARTS) is 2. The van der Waals surface area contributed by atoms with Crippen molar-refractivity contribution in [3.63, 3.8) is 0 Å². The van der Waals surface area contributed by atoms with Crippen molar-refractivity contribution in [2.75, 3.05) is 0 Å². The highest BCUT2D eigenvalue weighted by Crippen LogP contribution is 2.21. The van der Waals surface area contributed by atoms with Gasteiger partial charge in [0, 0.05) is 22.3 Å². The van der Waals surface area contributed by atoms with Gasteiger partial charge in [-0.1, -0.05) is 48.5 Å². The van der Waals surface area contributed by atoms with Gasteiger partial charge in [-0.15, -0.1) is 0 Å². The van der Waals surface area contributed by atoms with E-state index in [0.717, 1.165) is 0 Å². The summed E-state index contributed by atoms with van der Waals surface area (Å²) in [5.74, 6) is -2.43. The lowest BCUT2D eigenvalue weighted by atomic mass is 9.93. The van der Waals surface area contributed by atoms with E-state index in [2.05, 4.69) is 0 Å². The number of carbonyl (C=O) groups excluding carboxylic acids is 1. The number of hydrogen-bond donors (Lipinski definition) is 2. The average Bonchev–Trinajstić information content (AvgIpc) is 2.61. The predicted molar refractivity (Wildman–Crippen MR) is 98.9 cm³/mol. The zero-order valence-corrected chi connectivity index (χ0v) is 14.4. The third-order valence-electron chi connectivity index (χ3n) is 3.83. The molecule has 0 unspecified atom stereocenters. The van der Waals surface area contributed by atoms with Crippen LogP contribution in [0.2, 0.25) is 0 Å². The Labute approximate surface area is 150 Å². The van der Waals surface area contributed by atoms with Gasteiger partial charge in [-0.25, -0.2) is 9.59 Å². The fourth-order valence-electron chi connectivity index (χ4n) is 2.39. The first kappa shape index (κ1) is 18.9. The largest absolute Gasteiger partial charge is 0.478 e. The van der Waals surface area contributed by atoms with E-state index in [9.17, 15) is 14.4 Å². The molecule has 0 fully saturated rings. The van der Waals surface area contributed by atoms with Crippen LogP contribution in [0.15, 0.2) is 59.7 Å². The smallest absolute Gasteiger partial charge is 0.331 e. The second-order valence-corrected chi connectivity index (χ2v) is 5.77. The summed E-state index contributed by atoms with van der Waals surface area (Å²) in [6.07, 6.45) is 2.88. The summed E-state index contributed by atoms with van der Waals surface area (Å²) >= 11 is 0. The van der Waals surface area contributed by atoms with Crippen LogP contribution in [0.25, 0.3) is 12.2 Å². The highest BCUT2D eigenvalue weighted by molar-refractivity contribution is 6.13. The molecule has 2 aromatic rings. The molecule has 0 aliphatic heterocycles. The van der Waals surface area contributed by atoms with Crippen LogP contribution in [0, 0.1) is 0 Å². The van der Waals surface area contributed by atoms with Gasteiger partial charge in [0.05, 0.1) is 0 Å². The molecule has 0 amide bonds. The minimum atomic E-state index is -1.06. The van der Waals surface area contributed by atoms with Crippen LogP contribution in [-0.2, 0) is 9.59 Å². The van der Waals surface area contributed by atoms with Gasteiger partial charge in [0.15, 0.2) is 5.78 Å². The van der Waals surface area contributed by atoms with Crippen LogP contribution in [0.4, 0.5) is 0 Å². The molecule has 2 N–H and O–H groups in total. The molecular weight excluding hydrogens is 332 g/mol. The Morgan fingerprint density at radius 3 is 1.38 bits per heavy atom. The first-order valence-electron chi connectivity index (χ1n) is 7.87. The zero-order valence-electron chi connectivity index (χ0n) is 14.4. The first-order valence-corrected chi connectivity index (χ1v) is 7.87. The van der Waals surface area contributed by atoms with E-state index in [1.165, 1.54) is 26.0 Å². The molecule has 132 valence electrons. The molecule has 5 heteroatoms. The van der Waals surface area contributed by atoms with E-state index in [1.807, 2.05) is 0 Å². The second kappa shape index (κ2) is 8.07. The topological polar surface area (TPSA) is 91.7 Å². The van der Waals surface area contributed by atoms with Gasteiger partial charge >= 0.3 is 11.9 Å². The third kappa shape index (κ3) is 4.33. The summed E-state index contributed by atoms with van der Waals surface area (Å²) < 4.78 is 0. The predicted octanol–water partition coefficient (Wildman–Crippen LogP) is 3.89. The van der Waals surface area contributed by atoms with Gasteiger partial charge in [0.2, 0.25) is 0 Å². The number of ketones is 1. The number of hydrogen-bond acceptors (Lipinski definition) is 3. The Morgan fingerprint density at radius 2 is 1.04 bits per heavy atom. The van der Waals surface area contributed by atoms with E-state index in [4.69, 9.17) is 10.2 Å². The van der Waals surface area contributed by atoms with Gasteiger partial charge in [-0.05, 0) is 37.1 Å². The molecule has 0 aliphatic carbocycles. The molecule has 5 nitrogen and oxygen atoms in total. The molecule has 0 saturated heterocycles. The number of carboxylic acids is 2. The van der Waals surface area contributed by atoms with Crippen molar-refractivity contribution in [2.24, 2.45) is 0 Å². The van der Waals surface area contributed by atoms with Crippen molar-refractivity contribution in [2.45, 2.75) is 13.8 Å². The summed E-state index contributed by atoms with van der Waals surface area (Å²) in [4.78, 5) is 35.2. The van der Waals surface area contributed by atoms with E-state index in [1.54, 1.807) is 48.5 Å². The highest BCUT2D eigenvalue weighted by Gasteiger charge is 2.16. The molecule has 0 aromatic heterocycles. The summed E-state index contributed by atoms with van der Waals surface area (Å²) in [5.41, 5.74) is 1.90. The van der Waals surface area contributed by atoms with Crippen molar-refractivity contribution >= 4 is 29.9 Å². The molecule has 2 rings (SSSR count). The van der Waals surface area contributed by atoms with E-state index < -0.39 is 11.9 Å². The summed E-state index contributed by atoms with van der Waals surface area (Å²) in [6.45, 7) is 2.91. The third-order valence-corrected chi connectivity index (χ3v) is 3.83. The zero-order chi connectivity index (χ0) is 19.3. The molecular formula is C21H18O5. The standard InChI is InChI=1S/C21H18O5/c1-13(20(23)24)11-15-7-3-5-9-17(15)19(22)18-10-6-4-8-16(18)12-14(2)21(25)26/h3-12H,1-2H3,(H,23,24)(H,25,26)/b13-11+,14-12+. The van der Waals surface area contributed by atoms with Crippen LogP contribution >= 0.6 is 0 Å². The molecule has 0 atom stereocenters. The van der Waals surface area contributed by atoms with Gasteiger partial charge in [-0.3, -0.25) is 4.79 Å². The fourth-order valence-corrected chi connectivity index (χ4v) is 2.39. The first-order chi connectivity index (χ1) is 12.3. The van der Waals surface area contributed by atoms with Crippen LogP contribution in [-0.4, -0.2) is 27.9 Å². The Bertz CT molecular complexity index is 859. The van der Waals surface area contributed by atoms with E-state index in [-0.39, 0.29) is 16.9 Å². The quantitative estimate of drug-likeness (QED) is 0.609. The summed E-state index contributed by atoms with van der Waals surface area (Å²) in [6, 6.07) is 13.4. The number of benzene rings is 2. The minimum Gasteiger partial charge on any atom is -0.478 e.